The van der Waals surface area contributed by atoms with Crippen LogP contribution in [0.25, 0.3) is 0 Å². The summed E-state index contributed by atoms with van der Waals surface area (Å²) in [5, 5.41) is 3.24. The van der Waals surface area contributed by atoms with Gasteiger partial charge in [-0.2, -0.15) is 0 Å². The van der Waals surface area contributed by atoms with Gasteiger partial charge in [-0.05, 0) is 42.4 Å². The lowest BCUT2D eigenvalue weighted by molar-refractivity contribution is 0.442. The van der Waals surface area contributed by atoms with E-state index < -0.39 is 0 Å². The van der Waals surface area contributed by atoms with Crippen molar-refractivity contribution in [3.05, 3.63) is 35.1 Å². The normalized spacial score (nSPS) is 26.8. The molecule has 0 amide bonds. The fourth-order valence-electron chi connectivity index (χ4n) is 2.80. The van der Waals surface area contributed by atoms with E-state index in [4.69, 9.17) is 0 Å². The molecule has 1 aliphatic carbocycles. The first kappa shape index (κ1) is 9.82. The highest BCUT2D eigenvalue weighted by atomic mass is 19.1. The maximum Gasteiger partial charge on any atom is 0.126 e. The number of hydrogen-bond donors (Lipinski definition) is 1. The van der Waals surface area contributed by atoms with Crippen molar-refractivity contribution in [2.45, 2.75) is 25.3 Å². The Morgan fingerprint density at radius 1 is 1.38 bits per heavy atom. The van der Waals surface area contributed by atoms with Crippen molar-refractivity contribution in [3.8, 4) is 0 Å². The van der Waals surface area contributed by atoms with Gasteiger partial charge in [-0.1, -0.05) is 12.1 Å². The summed E-state index contributed by atoms with van der Waals surface area (Å²) < 4.78 is 13.5. The van der Waals surface area contributed by atoms with Crippen molar-refractivity contribution >= 4 is 6.34 Å². The van der Waals surface area contributed by atoms with Crippen LogP contribution in [-0.2, 0) is 12.8 Å². The lowest BCUT2D eigenvalue weighted by Gasteiger charge is -2.14. The maximum absolute atomic E-state index is 13.5. The zero-order valence-corrected chi connectivity index (χ0v) is 9.12. The van der Waals surface area contributed by atoms with E-state index in [0.29, 0.717) is 12.0 Å². The third-order valence-electron chi connectivity index (χ3n) is 3.56. The van der Waals surface area contributed by atoms with Crippen LogP contribution in [0.2, 0.25) is 0 Å². The van der Waals surface area contributed by atoms with Gasteiger partial charge in [-0.3, -0.25) is 4.99 Å². The second kappa shape index (κ2) is 3.89. The summed E-state index contributed by atoms with van der Waals surface area (Å²) in [6.45, 7) is 0.870. The molecule has 1 aliphatic heterocycles. The van der Waals surface area contributed by atoms with E-state index in [2.05, 4.69) is 16.4 Å². The minimum Gasteiger partial charge on any atom is -0.372 e. The Kier molecular flexibility index (Phi) is 2.39. The van der Waals surface area contributed by atoms with Gasteiger partial charge in [0, 0.05) is 6.04 Å². The molecule has 1 aromatic rings. The summed E-state index contributed by atoms with van der Waals surface area (Å²) in [6.07, 6.45) is 4.78. The second-order valence-electron chi connectivity index (χ2n) is 4.75. The molecule has 16 heavy (non-hydrogen) atoms. The molecule has 0 saturated carbocycles. The van der Waals surface area contributed by atoms with Gasteiger partial charge in [0.2, 0.25) is 0 Å². The third kappa shape index (κ3) is 1.70. The van der Waals surface area contributed by atoms with E-state index in [0.717, 1.165) is 31.4 Å². The van der Waals surface area contributed by atoms with Gasteiger partial charge in [-0.25, -0.2) is 4.39 Å². The van der Waals surface area contributed by atoms with E-state index >= 15 is 0 Å². The van der Waals surface area contributed by atoms with Crippen LogP contribution in [0, 0.1) is 11.7 Å². The van der Waals surface area contributed by atoms with Crippen molar-refractivity contribution in [3.63, 3.8) is 0 Å². The predicted octanol–water partition coefficient (Wildman–Crippen LogP) is 1.93. The molecule has 1 aromatic carbocycles. The molecule has 2 nitrogen and oxygen atoms in total. The third-order valence-corrected chi connectivity index (χ3v) is 3.56. The molecule has 0 aromatic heterocycles. The van der Waals surface area contributed by atoms with Gasteiger partial charge in [0.05, 0.1) is 12.9 Å². The molecule has 0 saturated heterocycles. The number of nitrogens with zero attached hydrogens (tertiary/aromatic N) is 1. The number of benzene rings is 1. The summed E-state index contributed by atoms with van der Waals surface area (Å²) in [5.41, 5.74) is 2.13. The molecule has 3 heteroatoms. The Labute approximate surface area is 94.6 Å². The first-order valence-corrected chi connectivity index (χ1v) is 5.83. The monoisotopic (exact) mass is 218 g/mol. The minimum atomic E-state index is -0.0318. The Morgan fingerprint density at radius 3 is 3.06 bits per heavy atom. The molecule has 0 unspecified atom stereocenters. The molecule has 2 aliphatic rings. The second-order valence-corrected chi connectivity index (χ2v) is 4.75. The number of rotatable bonds is 2. The maximum atomic E-state index is 13.5. The number of aliphatic imine (C=N–C) groups is 1. The number of hydrogen-bond acceptors (Lipinski definition) is 2. The fourth-order valence-corrected chi connectivity index (χ4v) is 2.80. The van der Waals surface area contributed by atoms with Crippen molar-refractivity contribution in [2.24, 2.45) is 10.9 Å². The highest BCUT2D eigenvalue weighted by Gasteiger charge is 2.26. The minimum absolute atomic E-state index is 0.0318. The molecular formula is C13H15FN2. The van der Waals surface area contributed by atoms with E-state index in [-0.39, 0.29) is 5.82 Å². The van der Waals surface area contributed by atoms with Gasteiger partial charge in [0.1, 0.15) is 5.82 Å². The molecule has 0 radical (unpaired) electrons. The van der Waals surface area contributed by atoms with E-state index in [1.807, 2.05) is 6.07 Å². The van der Waals surface area contributed by atoms with Crippen LogP contribution in [0.5, 0.6) is 0 Å². The van der Waals surface area contributed by atoms with Crippen LogP contribution >= 0.6 is 0 Å². The molecule has 1 N–H and O–H groups in total. The lowest BCUT2D eigenvalue weighted by atomic mass is 9.97. The van der Waals surface area contributed by atoms with Crippen LogP contribution in [0.3, 0.4) is 0 Å². The Bertz CT molecular complexity index is 420. The highest BCUT2D eigenvalue weighted by molar-refractivity contribution is 5.57. The highest BCUT2D eigenvalue weighted by Crippen LogP contribution is 2.31. The number of halogens is 1. The molecule has 84 valence electrons. The Hall–Kier alpha value is -1.38. The molecule has 0 spiro atoms. The van der Waals surface area contributed by atoms with Crippen molar-refractivity contribution in [2.75, 3.05) is 6.54 Å². The van der Waals surface area contributed by atoms with E-state index in [1.165, 1.54) is 5.56 Å². The average Bonchev–Trinajstić information content (AvgIpc) is 2.88. The summed E-state index contributed by atoms with van der Waals surface area (Å²) in [7, 11) is 0. The van der Waals surface area contributed by atoms with Crippen molar-refractivity contribution in [1.29, 1.82) is 0 Å². The van der Waals surface area contributed by atoms with Gasteiger partial charge >= 0.3 is 0 Å². The molecule has 1 heterocycles. The van der Waals surface area contributed by atoms with Crippen LogP contribution in [-0.4, -0.2) is 18.9 Å². The van der Waals surface area contributed by atoms with Crippen molar-refractivity contribution < 1.29 is 4.39 Å². The molecule has 3 rings (SSSR count). The first-order valence-electron chi connectivity index (χ1n) is 5.83. The number of nitrogens with one attached hydrogen (secondary N) is 1. The zero-order chi connectivity index (χ0) is 11.0. The quantitative estimate of drug-likeness (QED) is 0.806. The van der Waals surface area contributed by atoms with Crippen LogP contribution in [0.1, 0.15) is 17.5 Å². The molecule has 2 atom stereocenters. The van der Waals surface area contributed by atoms with Crippen LogP contribution < -0.4 is 5.32 Å². The average molecular weight is 218 g/mol. The summed E-state index contributed by atoms with van der Waals surface area (Å²) in [5.74, 6) is 0.543. The van der Waals surface area contributed by atoms with E-state index in [1.54, 1.807) is 12.4 Å². The van der Waals surface area contributed by atoms with Gasteiger partial charge in [0.25, 0.3) is 0 Å². The van der Waals surface area contributed by atoms with Crippen LogP contribution in [0.4, 0.5) is 4.39 Å². The smallest absolute Gasteiger partial charge is 0.126 e. The van der Waals surface area contributed by atoms with Crippen LogP contribution in [0.15, 0.2) is 23.2 Å². The standard InChI is InChI=1S/C13H15FN2/c14-13-3-1-2-10-4-9(6-12(10)13)5-11-7-15-8-16-11/h1-3,8-9,11H,4-7H2,(H,15,16)/t9-,11-/m1/s1. The number of fused-ring (bicyclic) bond motifs is 1. The van der Waals surface area contributed by atoms with Gasteiger partial charge < -0.3 is 5.32 Å². The molecule has 0 bridgehead atoms. The zero-order valence-electron chi connectivity index (χ0n) is 9.12. The summed E-state index contributed by atoms with van der Waals surface area (Å²) in [6, 6.07) is 5.89. The topological polar surface area (TPSA) is 24.4 Å². The summed E-state index contributed by atoms with van der Waals surface area (Å²) in [4.78, 5) is 4.16. The van der Waals surface area contributed by atoms with E-state index in [9.17, 15) is 4.39 Å². The predicted molar refractivity (Wildman–Crippen MR) is 62.2 cm³/mol. The fraction of sp³-hybridized carbons (Fsp3) is 0.462. The molecular weight excluding hydrogens is 203 g/mol. The Balaban J connectivity index is 1.68. The Morgan fingerprint density at radius 2 is 2.31 bits per heavy atom. The van der Waals surface area contributed by atoms with Gasteiger partial charge in [-0.15, -0.1) is 0 Å². The van der Waals surface area contributed by atoms with Crippen molar-refractivity contribution in [1.82, 2.24) is 5.32 Å². The summed E-state index contributed by atoms with van der Waals surface area (Å²) >= 11 is 0. The SMILES string of the molecule is Fc1cccc2c1C[C@@H](C[C@@H]1CN=CN1)C2. The molecule has 0 fully saturated rings. The van der Waals surface area contributed by atoms with Gasteiger partial charge in [0.15, 0.2) is 0 Å². The largest absolute Gasteiger partial charge is 0.372 e. The lowest BCUT2D eigenvalue weighted by Crippen LogP contribution is -2.27. The first-order chi connectivity index (χ1) is 7.83.